The van der Waals surface area contributed by atoms with Crippen molar-refractivity contribution in [3.05, 3.63) is 66.7 Å². The van der Waals surface area contributed by atoms with E-state index in [1.54, 1.807) is 14.2 Å². The van der Waals surface area contributed by atoms with Gasteiger partial charge in [-0.15, -0.1) is 0 Å². The van der Waals surface area contributed by atoms with Gasteiger partial charge < -0.3 is 28.8 Å². The number of nitrogens with one attached hydrogen (secondary N) is 1. The predicted molar refractivity (Wildman–Crippen MR) is 128 cm³/mol. The summed E-state index contributed by atoms with van der Waals surface area (Å²) in [5.41, 5.74) is 2.18. The molecule has 32 heavy (non-hydrogen) atoms. The Hall–Kier alpha value is -3.22. The molecule has 0 amide bonds. The highest BCUT2D eigenvalue weighted by Crippen LogP contribution is 2.33. The summed E-state index contributed by atoms with van der Waals surface area (Å²) in [6, 6.07) is 22.1. The third kappa shape index (κ3) is 4.98. The van der Waals surface area contributed by atoms with Gasteiger partial charge in [0, 0.05) is 36.5 Å². The standard InChI is InChI=1S/C26H30N2O4/c1-28(15-16-31-24-13-7-6-12-23(24)30-3)17-19(29-2)18-32-25-14-8-11-22-26(25)20-9-4-5-10-21(20)27-22/h4-14,19,27H,15-18H2,1-3H3. The van der Waals surface area contributed by atoms with Crippen molar-refractivity contribution >= 4 is 21.8 Å². The van der Waals surface area contributed by atoms with Crippen LogP contribution >= 0.6 is 0 Å². The van der Waals surface area contributed by atoms with E-state index >= 15 is 0 Å². The molecule has 0 saturated carbocycles. The number of rotatable bonds is 11. The van der Waals surface area contributed by atoms with E-state index in [2.05, 4.69) is 35.1 Å². The van der Waals surface area contributed by atoms with Crippen molar-refractivity contribution in [3.8, 4) is 17.2 Å². The number of likely N-dealkylation sites (N-methyl/N-ethyl adjacent to an activating group) is 1. The highest BCUT2D eigenvalue weighted by atomic mass is 16.5. The summed E-state index contributed by atoms with van der Waals surface area (Å²) in [4.78, 5) is 5.63. The lowest BCUT2D eigenvalue weighted by Gasteiger charge is -2.23. The first kappa shape index (κ1) is 22.0. The number of para-hydroxylation sites is 3. The van der Waals surface area contributed by atoms with E-state index in [0.29, 0.717) is 13.2 Å². The van der Waals surface area contributed by atoms with Crippen molar-refractivity contribution in [2.45, 2.75) is 6.10 Å². The summed E-state index contributed by atoms with van der Waals surface area (Å²) < 4.78 is 23.1. The van der Waals surface area contributed by atoms with Crippen LogP contribution in [0, 0.1) is 0 Å². The number of aromatic amines is 1. The number of hydrogen-bond donors (Lipinski definition) is 1. The van der Waals surface area contributed by atoms with Crippen molar-refractivity contribution in [3.63, 3.8) is 0 Å². The van der Waals surface area contributed by atoms with Crippen molar-refractivity contribution in [1.82, 2.24) is 9.88 Å². The second-order valence-electron chi connectivity index (χ2n) is 7.78. The summed E-state index contributed by atoms with van der Waals surface area (Å²) in [6.07, 6.45) is -0.0632. The van der Waals surface area contributed by atoms with Crippen LogP contribution in [0.25, 0.3) is 21.8 Å². The van der Waals surface area contributed by atoms with Gasteiger partial charge in [-0.05, 0) is 37.4 Å². The Morgan fingerprint density at radius 3 is 2.34 bits per heavy atom. The molecule has 1 heterocycles. The van der Waals surface area contributed by atoms with Gasteiger partial charge in [0.25, 0.3) is 0 Å². The average molecular weight is 435 g/mol. The fourth-order valence-electron chi connectivity index (χ4n) is 3.86. The largest absolute Gasteiger partial charge is 0.493 e. The average Bonchev–Trinajstić information content (AvgIpc) is 3.21. The van der Waals surface area contributed by atoms with Crippen LogP contribution in [0.1, 0.15) is 0 Å². The number of hydrogen-bond acceptors (Lipinski definition) is 5. The minimum atomic E-state index is -0.0632. The van der Waals surface area contributed by atoms with Gasteiger partial charge >= 0.3 is 0 Å². The Balaban J connectivity index is 1.33. The topological polar surface area (TPSA) is 56.0 Å². The lowest BCUT2D eigenvalue weighted by molar-refractivity contribution is 0.0331. The van der Waals surface area contributed by atoms with Crippen LogP contribution in [0.3, 0.4) is 0 Å². The minimum absolute atomic E-state index is 0.0632. The van der Waals surface area contributed by atoms with E-state index in [1.807, 2.05) is 48.5 Å². The molecule has 1 atom stereocenters. The zero-order valence-electron chi connectivity index (χ0n) is 18.8. The fraction of sp³-hybridized carbons (Fsp3) is 0.308. The third-order valence-corrected chi connectivity index (χ3v) is 5.56. The smallest absolute Gasteiger partial charge is 0.161 e. The van der Waals surface area contributed by atoms with Gasteiger partial charge in [-0.2, -0.15) is 0 Å². The molecular formula is C26H30N2O4. The predicted octanol–water partition coefficient (Wildman–Crippen LogP) is 4.73. The maximum absolute atomic E-state index is 6.22. The van der Waals surface area contributed by atoms with Crippen LogP contribution in [0.4, 0.5) is 0 Å². The number of ether oxygens (including phenoxy) is 4. The van der Waals surface area contributed by atoms with Gasteiger partial charge in [0.15, 0.2) is 11.5 Å². The van der Waals surface area contributed by atoms with Crippen LogP contribution in [-0.4, -0.2) is 63.6 Å². The van der Waals surface area contributed by atoms with Gasteiger partial charge in [-0.3, -0.25) is 0 Å². The molecule has 6 nitrogen and oxygen atoms in total. The maximum atomic E-state index is 6.22. The summed E-state index contributed by atoms with van der Waals surface area (Å²) in [7, 11) is 5.42. The monoisotopic (exact) mass is 434 g/mol. The molecule has 168 valence electrons. The Bertz CT molecular complexity index is 1160. The number of aromatic nitrogens is 1. The van der Waals surface area contributed by atoms with Crippen molar-refractivity contribution in [2.24, 2.45) is 0 Å². The highest BCUT2D eigenvalue weighted by molar-refractivity contribution is 6.10. The van der Waals surface area contributed by atoms with E-state index in [-0.39, 0.29) is 6.10 Å². The zero-order chi connectivity index (χ0) is 22.3. The quantitative estimate of drug-likeness (QED) is 0.370. The van der Waals surface area contributed by atoms with Crippen LogP contribution in [0.5, 0.6) is 17.2 Å². The maximum Gasteiger partial charge on any atom is 0.161 e. The van der Waals surface area contributed by atoms with E-state index in [0.717, 1.165) is 52.1 Å². The highest BCUT2D eigenvalue weighted by Gasteiger charge is 2.15. The molecule has 0 aliphatic heterocycles. The first-order chi connectivity index (χ1) is 15.7. The molecule has 0 fully saturated rings. The summed E-state index contributed by atoms with van der Waals surface area (Å²) in [5.74, 6) is 2.36. The molecule has 0 aliphatic carbocycles. The summed E-state index contributed by atoms with van der Waals surface area (Å²) >= 11 is 0. The Morgan fingerprint density at radius 1 is 0.812 bits per heavy atom. The van der Waals surface area contributed by atoms with Crippen molar-refractivity contribution < 1.29 is 18.9 Å². The Labute approximate surface area is 188 Å². The molecule has 1 N–H and O–H groups in total. The molecule has 4 aromatic rings. The lowest BCUT2D eigenvalue weighted by Crippen LogP contribution is -2.36. The molecule has 3 aromatic carbocycles. The fourth-order valence-corrected chi connectivity index (χ4v) is 3.86. The number of nitrogens with zero attached hydrogens (tertiary/aromatic N) is 1. The van der Waals surface area contributed by atoms with Gasteiger partial charge in [-0.25, -0.2) is 0 Å². The second kappa shape index (κ2) is 10.4. The van der Waals surface area contributed by atoms with Gasteiger partial charge in [0.2, 0.25) is 0 Å². The molecule has 1 unspecified atom stereocenters. The normalized spacial score (nSPS) is 12.4. The van der Waals surface area contributed by atoms with Crippen LogP contribution in [0.15, 0.2) is 66.7 Å². The molecule has 1 aromatic heterocycles. The summed E-state index contributed by atoms with van der Waals surface area (Å²) in [5, 5.41) is 2.27. The first-order valence-electron chi connectivity index (χ1n) is 10.8. The number of methoxy groups -OCH3 is 2. The molecule has 0 spiro atoms. The molecule has 0 saturated heterocycles. The SMILES string of the molecule is COc1ccccc1OCCN(C)CC(COc1cccc2[nH]c3ccccc3c12)OC. The lowest BCUT2D eigenvalue weighted by atomic mass is 10.1. The molecule has 4 rings (SSSR count). The van der Waals surface area contributed by atoms with E-state index in [1.165, 1.54) is 0 Å². The van der Waals surface area contributed by atoms with E-state index in [4.69, 9.17) is 18.9 Å². The van der Waals surface area contributed by atoms with Crippen molar-refractivity contribution in [1.29, 1.82) is 0 Å². The van der Waals surface area contributed by atoms with Crippen LogP contribution < -0.4 is 14.2 Å². The molecule has 0 bridgehead atoms. The summed E-state index contributed by atoms with van der Waals surface area (Å²) in [6.45, 7) is 2.52. The Morgan fingerprint density at radius 2 is 1.53 bits per heavy atom. The van der Waals surface area contributed by atoms with E-state index < -0.39 is 0 Å². The van der Waals surface area contributed by atoms with Crippen LogP contribution in [-0.2, 0) is 4.74 Å². The number of fused-ring (bicyclic) bond motifs is 3. The third-order valence-electron chi connectivity index (χ3n) is 5.56. The van der Waals surface area contributed by atoms with Crippen molar-refractivity contribution in [2.75, 3.05) is 47.6 Å². The molecule has 6 heteroatoms. The number of benzene rings is 3. The molecular weight excluding hydrogens is 404 g/mol. The second-order valence-corrected chi connectivity index (χ2v) is 7.78. The molecule has 0 radical (unpaired) electrons. The zero-order valence-corrected chi connectivity index (χ0v) is 18.8. The Kier molecular flexibility index (Phi) is 7.14. The van der Waals surface area contributed by atoms with Crippen LogP contribution in [0.2, 0.25) is 0 Å². The first-order valence-corrected chi connectivity index (χ1v) is 10.8. The molecule has 0 aliphatic rings. The minimum Gasteiger partial charge on any atom is -0.493 e. The number of H-pyrrole nitrogens is 1. The van der Waals surface area contributed by atoms with Gasteiger partial charge in [-0.1, -0.05) is 36.4 Å². The van der Waals surface area contributed by atoms with Gasteiger partial charge in [0.1, 0.15) is 25.1 Å². The van der Waals surface area contributed by atoms with Gasteiger partial charge in [0.05, 0.1) is 12.6 Å². The van der Waals surface area contributed by atoms with E-state index in [9.17, 15) is 0 Å².